The number of carbonyl (C=O) groups excluding carboxylic acids is 1. The van der Waals surface area contributed by atoms with Gasteiger partial charge in [0.15, 0.2) is 0 Å². The maximum absolute atomic E-state index is 11.9. The number of nitrogens with zero attached hydrogens (tertiary/aromatic N) is 2. The van der Waals surface area contributed by atoms with Gasteiger partial charge >= 0.3 is 0 Å². The van der Waals surface area contributed by atoms with Gasteiger partial charge in [0.25, 0.3) is 0 Å². The van der Waals surface area contributed by atoms with Crippen LogP contribution in [0.2, 0.25) is 0 Å². The summed E-state index contributed by atoms with van der Waals surface area (Å²) in [6.45, 7) is 5.24. The first kappa shape index (κ1) is 17.8. The van der Waals surface area contributed by atoms with Gasteiger partial charge in [-0.1, -0.05) is 6.07 Å². The van der Waals surface area contributed by atoms with Gasteiger partial charge in [0.05, 0.1) is 4.90 Å². The van der Waals surface area contributed by atoms with Crippen LogP contribution in [0, 0.1) is 0 Å². The van der Waals surface area contributed by atoms with Crippen LogP contribution >= 0.6 is 0 Å². The molecule has 1 heterocycles. The molecule has 8 nitrogen and oxygen atoms in total. The van der Waals surface area contributed by atoms with E-state index in [-0.39, 0.29) is 16.8 Å². The first-order valence-corrected chi connectivity index (χ1v) is 8.75. The van der Waals surface area contributed by atoms with E-state index < -0.39 is 10.0 Å². The van der Waals surface area contributed by atoms with E-state index in [1.807, 2.05) is 13.8 Å². The number of carbonyl (C=O) groups is 1. The monoisotopic (exact) mass is 349 g/mol. The summed E-state index contributed by atoms with van der Waals surface area (Å²) in [6, 6.07) is 4.63. The third-order valence-corrected chi connectivity index (χ3v) is 3.94. The number of nitrogens with one attached hydrogen (secondary N) is 2. The van der Waals surface area contributed by atoms with Gasteiger partial charge in [-0.05, 0) is 26.0 Å². The van der Waals surface area contributed by atoms with Crippen molar-refractivity contribution in [2.24, 2.45) is 5.14 Å². The maximum Gasteiger partial charge on any atom is 0.238 e. The number of hydrogen-bond acceptors (Lipinski definition) is 6. The van der Waals surface area contributed by atoms with Crippen LogP contribution < -0.4 is 15.8 Å². The molecule has 0 radical (unpaired) electrons. The quantitative estimate of drug-likeness (QED) is 0.752. The zero-order chi connectivity index (χ0) is 17.9. The van der Waals surface area contributed by atoms with Crippen molar-refractivity contribution >= 4 is 27.6 Å². The van der Waals surface area contributed by atoms with E-state index in [1.165, 1.54) is 25.4 Å². The Morgan fingerprint density at radius 3 is 2.33 bits per heavy atom. The Morgan fingerprint density at radius 1 is 1.21 bits per heavy atom. The molecule has 0 spiro atoms. The molecule has 2 aromatic rings. The number of amides is 1. The zero-order valence-electron chi connectivity index (χ0n) is 13.6. The van der Waals surface area contributed by atoms with Crippen molar-refractivity contribution < 1.29 is 13.2 Å². The van der Waals surface area contributed by atoms with E-state index in [0.29, 0.717) is 22.8 Å². The average Bonchev–Trinajstić information content (AvgIpc) is 2.46. The van der Waals surface area contributed by atoms with Crippen LogP contribution in [0.4, 0.5) is 11.6 Å². The van der Waals surface area contributed by atoms with Gasteiger partial charge in [0.2, 0.25) is 21.9 Å². The fourth-order valence-electron chi connectivity index (χ4n) is 2.08. The predicted octanol–water partition coefficient (Wildman–Crippen LogP) is 1.57. The van der Waals surface area contributed by atoms with Crippen LogP contribution in [-0.2, 0) is 14.8 Å². The lowest BCUT2D eigenvalue weighted by Gasteiger charge is -2.12. The molecule has 1 aromatic carbocycles. The van der Waals surface area contributed by atoms with E-state index in [1.54, 1.807) is 12.1 Å². The van der Waals surface area contributed by atoms with Crippen molar-refractivity contribution in [3.05, 3.63) is 30.6 Å². The van der Waals surface area contributed by atoms with Crippen molar-refractivity contribution in [3.63, 3.8) is 0 Å². The summed E-state index contributed by atoms with van der Waals surface area (Å²) in [5.74, 6) is 0.135. The second-order valence-electron chi connectivity index (χ2n) is 5.53. The molecule has 24 heavy (non-hydrogen) atoms. The lowest BCUT2D eigenvalue weighted by Crippen LogP contribution is -2.15. The van der Waals surface area contributed by atoms with Gasteiger partial charge in [-0.15, -0.1) is 0 Å². The number of benzene rings is 1. The van der Waals surface area contributed by atoms with Crippen LogP contribution in [-0.4, -0.2) is 30.3 Å². The van der Waals surface area contributed by atoms with Gasteiger partial charge in [0.1, 0.15) is 0 Å². The molecule has 0 fully saturated rings. The number of aromatic nitrogens is 2. The molecule has 0 saturated heterocycles. The highest BCUT2D eigenvalue weighted by molar-refractivity contribution is 7.89. The maximum atomic E-state index is 11.9. The van der Waals surface area contributed by atoms with Gasteiger partial charge in [-0.3, -0.25) is 4.79 Å². The zero-order valence-corrected chi connectivity index (χ0v) is 14.4. The van der Waals surface area contributed by atoms with Crippen LogP contribution in [0.25, 0.3) is 11.1 Å². The highest BCUT2D eigenvalue weighted by atomic mass is 32.2. The number of nitrogens with two attached hydrogens (primary N) is 1. The Kier molecular flexibility index (Phi) is 5.15. The predicted molar refractivity (Wildman–Crippen MR) is 91.9 cm³/mol. The molecule has 0 aliphatic rings. The molecule has 1 aromatic heterocycles. The number of primary sulfonamides is 1. The second kappa shape index (κ2) is 6.93. The smallest absolute Gasteiger partial charge is 0.238 e. The molecule has 128 valence electrons. The van der Waals surface area contributed by atoms with E-state index in [0.717, 1.165) is 0 Å². The summed E-state index contributed by atoms with van der Waals surface area (Å²) in [5.41, 5.74) is 1.21. The molecule has 0 aliphatic carbocycles. The van der Waals surface area contributed by atoms with Crippen molar-refractivity contribution in [1.29, 1.82) is 0 Å². The Bertz CT molecular complexity index is 848. The highest BCUT2D eigenvalue weighted by Gasteiger charge is 2.17. The Labute approximate surface area is 140 Å². The topological polar surface area (TPSA) is 127 Å². The third-order valence-electron chi connectivity index (χ3n) is 2.99. The minimum Gasteiger partial charge on any atom is -0.352 e. The van der Waals surface area contributed by atoms with E-state index in [2.05, 4.69) is 20.6 Å². The number of rotatable bonds is 5. The lowest BCUT2D eigenvalue weighted by molar-refractivity contribution is -0.114. The summed E-state index contributed by atoms with van der Waals surface area (Å²) in [5, 5.41) is 10.9. The van der Waals surface area contributed by atoms with E-state index in [4.69, 9.17) is 5.14 Å². The molecule has 9 heteroatoms. The first-order valence-electron chi connectivity index (χ1n) is 7.20. The van der Waals surface area contributed by atoms with Gasteiger partial charge < -0.3 is 10.6 Å². The van der Waals surface area contributed by atoms with Crippen molar-refractivity contribution in [2.75, 3.05) is 10.6 Å². The Hall–Kier alpha value is -2.52. The van der Waals surface area contributed by atoms with E-state index in [9.17, 15) is 13.2 Å². The van der Waals surface area contributed by atoms with Crippen LogP contribution in [0.3, 0.4) is 0 Å². The molecular formula is C15H19N5O3S. The molecule has 4 N–H and O–H groups in total. The van der Waals surface area contributed by atoms with Crippen LogP contribution in [0.15, 0.2) is 35.5 Å². The highest BCUT2D eigenvalue weighted by Crippen LogP contribution is 2.29. The summed E-state index contributed by atoms with van der Waals surface area (Å²) >= 11 is 0. The van der Waals surface area contributed by atoms with Gasteiger partial charge in [-0.2, -0.15) is 0 Å². The minimum absolute atomic E-state index is 0.109. The Morgan fingerprint density at radius 2 is 1.83 bits per heavy atom. The summed E-state index contributed by atoms with van der Waals surface area (Å²) in [6.07, 6.45) is 3.03. The Balaban J connectivity index is 2.47. The normalized spacial score (nSPS) is 11.4. The molecular weight excluding hydrogens is 330 g/mol. The van der Waals surface area contributed by atoms with E-state index >= 15 is 0 Å². The molecule has 1 amide bonds. The fourth-order valence-corrected chi connectivity index (χ4v) is 2.86. The number of hydrogen-bond donors (Lipinski definition) is 3. The van der Waals surface area contributed by atoms with Gasteiger partial charge in [0, 0.05) is 42.2 Å². The summed E-state index contributed by atoms with van der Waals surface area (Å²) in [4.78, 5) is 19.3. The summed E-state index contributed by atoms with van der Waals surface area (Å²) in [7, 11) is -3.99. The molecule has 0 saturated carbocycles. The summed E-state index contributed by atoms with van der Waals surface area (Å²) < 4.78 is 23.8. The number of anilines is 2. The standard InChI is InChI=1S/C15H19N5O3S/c1-9(2)19-15-17-7-11(8-18-15)13-5-4-12(20-10(3)21)6-14(13)24(16,22)23/h4-9H,1-3H3,(H,20,21)(H2,16,22,23)(H,17,18,19). The fraction of sp³-hybridized carbons (Fsp3) is 0.267. The van der Waals surface area contributed by atoms with Crippen molar-refractivity contribution in [3.8, 4) is 11.1 Å². The molecule has 2 rings (SSSR count). The molecule has 0 atom stereocenters. The van der Waals surface area contributed by atoms with Crippen LogP contribution in [0.1, 0.15) is 20.8 Å². The van der Waals surface area contributed by atoms with Crippen molar-refractivity contribution in [2.45, 2.75) is 31.7 Å². The third kappa shape index (κ3) is 4.49. The SMILES string of the molecule is CC(=O)Nc1ccc(-c2cnc(NC(C)C)nc2)c(S(N)(=O)=O)c1. The van der Waals surface area contributed by atoms with Crippen LogP contribution in [0.5, 0.6) is 0 Å². The molecule has 0 aliphatic heterocycles. The molecule has 0 bridgehead atoms. The minimum atomic E-state index is -3.99. The number of sulfonamides is 1. The first-order chi connectivity index (χ1) is 11.2. The molecule has 0 unspecified atom stereocenters. The lowest BCUT2D eigenvalue weighted by atomic mass is 10.1. The average molecular weight is 349 g/mol. The van der Waals surface area contributed by atoms with Crippen molar-refractivity contribution in [1.82, 2.24) is 9.97 Å². The van der Waals surface area contributed by atoms with Gasteiger partial charge in [-0.25, -0.2) is 23.5 Å². The second-order valence-corrected chi connectivity index (χ2v) is 7.06. The largest absolute Gasteiger partial charge is 0.352 e.